The van der Waals surface area contributed by atoms with Crippen molar-refractivity contribution < 1.29 is 4.74 Å². The van der Waals surface area contributed by atoms with Crippen molar-refractivity contribution in [1.82, 2.24) is 20.3 Å². The molecule has 1 aliphatic rings. The number of hydrogen-bond acceptors (Lipinski definition) is 4. The maximum Gasteiger partial charge on any atom is 0.108 e. The van der Waals surface area contributed by atoms with Gasteiger partial charge in [-0.1, -0.05) is 5.21 Å². The van der Waals surface area contributed by atoms with Gasteiger partial charge < -0.3 is 10.1 Å². The van der Waals surface area contributed by atoms with Crippen molar-refractivity contribution in [1.29, 1.82) is 0 Å². The van der Waals surface area contributed by atoms with Gasteiger partial charge in [0.05, 0.1) is 18.8 Å². The molecule has 0 saturated carbocycles. The first-order valence-electron chi connectivity index (χ1n) is 5.00. The first-order chi connectivity index (χ1) is 6.90. The smallest absolute Gasteiger partial charge is 0.108 e. The third-order valence-corrected chi connectivity index (χ3v) is 2.49. The highest BCUT2D eigenvalue weighted by Gasteiger charge is 2.15. The molecular weight excluding hydrogens is 180 g/mol. The van der Waals surface area contributed by atoms with Gasteiger partial charge in [-0.15, -0.1) is 5.10 Å². The lowest BCUT2D eigenvalue weighted by Crippen LogP contribution is -2.31. The van der Waals surface area contributed by atoms with Gasteiger partial charge in [0, 0.05) is 13.7 Å². The van der Waals surface area contributed by atoms with Crippen molar-refractivity contribution in [3.05, 3.63) is 11.9 Å². The summed E-state index contributed by atoms with van der Waals surface area (Å²) in [6, 6.07) is 0.460. The highest BCUT2D eigenvalue weighted by Crippen LogP contribution is 2.15. The molecule has 1 aliphatic heterocycles. The van der Waals surface area contributed by atoms with Crippen LogP contribution < -0.4 is 5.32 Å². The fourth-order valence-electron chi connectivity index (χ4n) is 1.77. The molecule has 0 aliphatic carbocycles. The molecule has 0 bridgehead atoms. The minimum absolute atomic E-state index is 0.460. The lowest BCUT2D eigenvalue weighted by atomic mass is 10.1. The maximum atomic E-state index is 5.00. The van der Waals surface area contributed by atoms with E-state index in [9.17, 15) is 0 Å². The Labute approximate surface area is 83.4 Å². The SMILES string of the molecule is COCc1cn(C2CCCNC2)nn1. The van der Waals surface area contributed by atoms with Crippen molar-refractivity contribution in [2.75, 3.05) is 20.2 Å². The van der Waals surface area contributed by atoms with Gasteiger partial charge in [-0.05, 0) is 19.4 Å². The summed E-state index contributed by atoms with van der Waals surface area (Å²) in [5.41, 5.74) is 0.901. The van der Waals surface area contributed by atoms with Crippen LogP contribution in [0.4, 0.5) is 0 Å². The van der Waals surface area contributed by atoms with Crippen molar-refractivity contribution in [2.45, 2.75) is 25.5 Å². The lowest BCUT2D eigenvalue weighted by molar-refractivity contribution is 0.181. The van der Waals surface area contributed by atoms with Crippen molar-refractivity contribution in [3.8, 4) is 0 Å². The van der Waals surface area contributed by atoms with Crippen LogP contribution in [-0.2, 0) is 11.3 Å². The molecule has 1 unspecified atom stereocenters. The average molecular weight is 196 g/mol. The van der Waals surface area contributed by atoms with Crippen molar-refractivity contribution in [2.24, 2.45) is 0 Å². The van der Waals surface area contributed by atoms with Gasteiger partial charge in [0.1, 0.15) is 5.69 Å². The summed E-state index contributed by atoms with van der Waals surface area (Å²) >= 11 is 0. The number of rotatable bonds is 3. The van der Waals surface area contributed by atoms with Gasteiger partial charge in [-0.2, -0.15) is 0 Å². The van der Waals surface area contributed by atoms with Crippen molar-refractivity contribution >= 4 is 0 Å². The summed E-state index contributed by atoms with van der Waals surface area (Å²) in [6.07, 6.45) is 4.37. The summed E-state index contributed by atoms with van der Waals surface area (Å²) in [5.74, 6) is 0. The van der Waals surface area contributed by atoms with E-state index >= 15 is 0 Å². The van der Waals surface area contributed by atoms with Crippen molar-refractivity contribution in [3.63, 3.8) is 0 Å². The van der Waals surface area contributed by atoms with E-state index in [2.05, 4.69) is 15.6 Å². The molecule has 1 atom stereocenters. The van der Waals surface area contributed by atoms with Crippen LogP contribution in [0.2, 0.25) is 0 Å². The zero-order valence-corrected chi connectivity index (χ0v) is 8.44. The largest absolute Gasteiger partial charge is 0.378 e. The fourth-order valence-corrected chi connectivity index (χ4v) is 1.77. The van der Waals surface area contributed by atoms with E-state index in [1.165, 1.54) is 12.8 Å². The maximum absolute atomic E-state index is 5.00. The molecule has 1 aromatic heterocycles. The zero-order valence-electron chi connectivity index (χ0n) is 8.44. The molecule has 0 amide bonds. The summed E-state index contributed by atoms with van der Waals surface area (Å²) < 4.78 is 6.94. The molecule has 0 radical (unpaired) electrons. The fraction of sp³-hybridized carbons (Fsp3) is 0.778. The van der Waals surface area contributed by atoms with E-state index in [1.807, 2.05) is 10.9 Å². The standard InChI is InChI=1S/C9H16N4O/c1-14-7-8-6-13(12-11-8)9-3-2-4-10-5-9/h6,9-10H,2-5,7H2,1H3. The van der Waals surface area contributed by atoms with Crippen LogP contribution in [0.25, 0.3) is 0 Å². The van der Waals surface area contributed by atoms with Gasteiger partial charge in [0.25, 0.3) is 0 Å². The van der Waals surface area contributed by atoms with E-state index in [-0.39, 0.29) is 0 Å². The van der Waals surface area contributed by atoms with Crippen LogP contribution in [0.1, 0.15) is 24.6 Å². The van der Waals surface area contributed by atoms with Crippen LogP contribution in [0.3, 0.4) is 0 Å². The molecule has 1 N–H and O–H groups in total. The Hall–Kier alpha value is -0.940. The van der Waals surface area contributed by atoms with Gasteiger partial charge in [0.15, 0.2) is 0 Å². The van der Waals surface area contributed by atoms with Crippen LogP contribution in [0, 0.1) is 0 Å². The van der Waals surface area contributed by atoms with E-state index in [1.54, 1.807) is 7.11 Å². The first kappa shape index (κ1) is 9.61. The third-order valence-electron chi connectivity index (χ3n) is 2.49. The minimum Gasteiger partial charge on any atom is -0.378 e. The first-order valence-corrected chi connectivity index (χ1v) is 5.00. The number of nitrogens with zero attached hydrogens (tertiary/aromatic N) is 3. The molecule has 0 aromatic carbocycles. The minimum atomic E-state index is 0.460. The Morgan fingerprint density at radius 1 is 1.71 bits per heavy atom. The Bertz CT molecular complexity index is 280. The Morgan fingerprint density at radius 3 is 3.36 bits per heavy atom. The average Bonchev–Trinajstić information content (AvgIpc) is 2.68. The topological polar surface area (TPSA) is 52.0 Å². The molecule has 5 nitrogen and oxygen atoms in total. The molecule has 2 rings (SSSR count). The number of methoxy groups -OCH3 is 1. The monoisotopic (exact) mass is 196 g/mol. The molecule has 0 spiro atoms. The number of hydrogen-bond donors (Lipinski definition) is 1. The van der Waals surface area contributed by atoms with E-state index in [0.29, 0.717) is 12.6 Å². The molecular formula is C9H16N4O. The van der Waals surface area contributed by atoms with E-state index in [0.717, 1.165) is 18.8 Å². The normalized spacial score (nSPS) is 22.5. The molecule has 78 valence electrons. The predicted molar refractivity (Wildman–Crippen MR) is 51.9 cm³/mol. The second kappa shape index (κ2) is 4.52. The van der Waals surface area contributed by atoms with Gasteiger partial charge in [-0.25, -0.2) is 4.68 Å². The van der Waals surface area contributed by atoms with Crippen LogP contribution in [0.5, 0.6) is 0 Å². The summed E-state index contributed by atoms with van der Waals surface area (Å²) in [6.45, 7) is 2.66. The second-order valence-corrected chi connectivity index (χ2v) is 3.62. The molecule has 14 heavy (non-hydrogen) atoms. The van der Waals surface area contributed by atoms with Gasteiger partial charge >= 0.3 is 0 Å². The van der Waals surface area contributed by atoms with Crippen LogP contribution in [0.15, 0.2) is 6.20 Å². The van der Waals surface area contributed by atoms with E-state index in [4.69, 9.17) is 4.74 Å². The predicted octanol–water partition coefficient (Wildman–Crippen LogP) is 0.349. The Morgan fingerprint density at radius 2 is 2.64 bits per heavy atom. The number of nitrogens with one attached hydrogen (secondary N) is 1. The van der Waals surface area contributed by atoms with Gasteiger partial charge in [-0.3, -0.25) is 0 Å². The molecule has 5 heteroatoms. The number of piperidine rings is 1. The number of ether oxygens (including phenoxy) is 1. The Balaban J connectivity index is 2.00. The Kier molecular flexibility index (Phi) is 3.10. The highest BCUT2D eigenvalue weighted by atomic mass is 16.5. The third kappa shape index (κ3) is 2.10. The van der Waals surface area contributed by atoms with E-state index < -0.39 is 0 Å². The van der Waals surface area contributed by atoms with Crippen LogP contribution in [-0.4, -0.2) is 35.2 Å². The summed E-state index contributed by atoms with van der Waals surface area (Å²) in [7, 11) is 1.67. The summed E-state index contributed by atoms with van der Waals surface area (Å²) in [4.78, 5) is 0. The molecule has 2 heterocycles. The molecule has 1 aromatic rings. The molecule has 1 saturated heterocycles. The lowest BCUT2D eigenvalue weighted by Gasteiger charge is -2.22. The quantitative estimate of drug-likeness (QED) is 0.758. The molecule has 1 fully saturated rings. The summed E-state index contributed by atoms with van der Waals surface area (Å²) in [5, 5.41) is 11.5. The number of aromatic nitrogens is 3. The van der Waals surface area contributed by atoms with Gasteiger partial charge in [0.2, 0.25) is 0 Å². The highest BCUT2D eigenvalue weighted by molar-refractivity contribution is 4.92. The second-order valence-electron chi connectivity index (χ2n) is 3.62. The van der Waals surface area contributed by atoms with Crippen LogP contribution >= 0.6 is 0 Å². The zero-order chi connectivity index (χ0) is 9.80.